The van der Waals surface area contributed by atoms with Crippen molar-refractivity contribution in [2.45, 2.75) is 58.5 Å². The van der Waals surface area contributed by atoms with Gasteiger partial charge in [0.2, 0.25) is 0 Å². The van der Waals surface area contributed by atoms with E-state index >= 15 is 0 Å². The molecule has 1 N–H and O–H groups in total. The monoisotopic (exact) mass is 222 g/mol. The standard InChI is InChI=1S/C12H22N4/c1-3-11-14-12(4-2)16(15-11)9-10-7-5-6-8-13-10/h10,13H,3-9H2,1-2H3. The summed E-state index contributed by atoms with van der Waals surface area (Å²) in [4.78, 5) is 4.54. The molecule has 4 nitrogen and oxygen atoms in total. The van der Waals surface area contributed by atoms with Crippen LogP contribution in [0.5, 0.6) is 0 Å². The van der Waals surface area contributed by atoms with Gasteiger partial charge in [0, 0.05) is 18.9 Å². The van der Waals surface area contributed by atoms with Gasteiger partial charge in [-0.2, -0.15) is 5.10 Å². The number of rotatable bonds is 4. The maximum Gasteiger partial charge on any atom is 0.150 e. The Kier molecular flexibility index (Phi) is 3.93. The van der Waals surface area contributed by atoms with Gasteiger partial charge in [-0.05, 0) is 19.4 Å². The highest BCUT2D eigenvalue weighted by molar-refractivity contribution is 4.93. The van der Waals surface area contributed by atoms with Crippen molar-refractivity contribution in [1.82, 2.24) is 20.1 Å². The van der Waals surface area contributed by atoms with E-state index in [1.807, 2.05) is 0 Å². The van der Waals surface area contributed by atoms with Crippen molar-refractivity contribution in [3.8, 4) is 0 Å². The predicted molar refractivity (Wildman–Crippen MR) is 64.4 cm³/mol. The summed E-state index contributed by atoms with van der Waals surface area (Å²) < 4.78 is 2.10. The average Bonchev–Trinajstić information content (AvgIpc) is 2.73. The number of aromatic nitrogens is 3. The first-order valence-electron chi connectivity index (χ1n) is 6.49. The highest BCUT2D eigenvalue weighted by Gasteiger charge is 2.15. The molecule has 1 saturated heterocycles. The minimum Gasteiger partial charge on any atom is -0.312 e. The van der Waals surface area contributed by atoms with Gasteiger partial charge in [-0.3, -0.25) is 0 Å². The molecule has 1 aromatic heterocycles. The lowest BCUT2D eigenvalue weighted by atomic mass is 10.1. The molecular weight excluding hydrogens is 200 g/mol. The van der Waals surface area contributed by atoms with Crippen LogP contribution in [0.3, 0.4) is 0 Å². The van der Waals surface area contributed by atoms with E-state index in [4.69, 9.17) is 0 Å². The van der Waals surface area contributed by atoms with E-state index in [0.717, 1.165) is 37.6 Å². The van der Waals surface area contributed by atoms with E-state index in [2.05, 4.69) is 33.9 Å². The zero-order valence-electron chi connectivity index (χ0n) is 10.4. The SMILES string of the molecule is CCc1nc(CC)n(CC2CCCCN2)n1. The van der Waals surface area contributed by atoms with Crippen LogP contribution in [-0.4, -0.2) is 27.4 Å². The third kappa shape index (κ3) is 2.61. The maximum absolute atomic E-state index is 4.56. The Labute approximate surface area is 97.5 Å². The molecule has 2 rings (SSSR count). The van der Waals surface area contributed by atoms with Crippen molar-refractivity contribution in [3.63, 3.8) is 0 Å². The van der Waals surface area contributed by atoms with Crippen LogP contribution in [0, 0.1) is 0 Å². The molecule has 0 radical (unpaired) electrons. The lowest BCUT2D eigenvalue weighted by molar-refractivity contribution is 0.346. The Morgan fingerprint density at radius 1 is 1.31 bits per heavy atom. The molecule has 1 fully saturated rings. The largest absolute Gasteiger partial charge is 0.312 e. The van der Waals surface area contributed by atoms with E-state index in [-0.39, 0.29) is 0 Å². The van der Waals surface area contributed by atoms with Gasteiger partial charge in [-0.15, -0.1) is 0 Å². The Bertz CT molecular complexity index is 326. The van der Waals surface area contributed by atoms with Gasteiger partial charge in [0.15, 0.2) is 5.82 Å². The first kappa shape index (κ1) is 11.6. The summed E-state index contributed by atoms with van der Waals surface area (Å²) in [5.74, 6) is 2.11. The third-order valence-electron chi connectivity index (χ3n) is 3.23. The summed E-state index contributed by atoms with van der Waals surface area (Å²) >= 11 is 0. The summed E-state index contributed by atoms with van der Waals surface area (Å²) in [7, 11) is 0. The quantitative estimate of drug-likeness (QED) is 0.840. The molecule has 90 valence electrons. The smallest absolute Gasteiger partial charge is 0.150 e. The second kappa shape index (κ2) is 5.43. The summed E-state index contributed by atoms with van der Waals surface area (Å²) in [5.41, 5.74) is 0. The first-order chi connectivity index (χ1) is 7.83. The molecule has 0 bridgehead atoms. The van der Waals surface area contributed by atoms with Crippen LogP contribution in [-0.2, 0) is 19.4 Å². The number of nitrogens with zero attached hydrogens (tertiary/aromatic N) is 3. The number of hydrogen-bond acceptors (Lipinski definition) is 3. The van der Waals surface area contributed by atoms with Crippen molar-refractivity contribution in [3.05, 3.63) is 11.6 Å². The molecular formula is C12H22N4. The van der Waals surface area contributed by atoms with Gasteiger partial charge >= 0.3 is 0 Å². The maximum atomic E-state index is 4.56. The lowest BCUT2D eigenvalue weighted by Gasteiger charge is -2.23. The van der Waals surface area contributed by atoms with Crippen molar-refractivity contribution in [1.29, 1.82) is 0 Å². The summed E-state index contributed by atoms with van der Waals surface area (Å²) in [5, 5.41) is 8.12. The van der Waals surface area contributed by atoms with Crippen molar-refractivity contribution in [2.24, 2.45) is 0 Å². The summed E-state index contributed by atoms with van der Waals surface area (Å²) in [6.07, 6.45) is 5.82. The Morgan fingerprint density at radius 3 is 2.81 bits per heavy atom. The van der Waals surface area contributed by atoms with E-state index in [1.165, 1.54) is 19.3 Å². The van der Waals surface area contributed by atoms with E-state index in [0.29, 0.717) is 6.04 Å². The van der Waals surface area contributed by atoms with Crippen molar-refractivity contribution < 1.29 is 0 Å². The molecule has 0 aliphatic carbocycles. The van der Waals surface area contributed by atoms with Crippen LogP contribution in [0.1, 0.15) is 44.8 Å². The fourth-order valence-corrected chi connectivity index (χ4v) is 2.27. The third-order valence-corrected chi connectivity index (χ3v) is 3.23. The molecule has 2 heterocycles. The van der Waals surface area contributed by atoms with Crippen LogP contribution in [0.4, 0.5) is 0 Å². The summed E-state index contributed by atoms with van der Waals surface area (Å²) in [6.45, 7) is 6.39. The highest BCUT2D eigenvalue weighted by atomic mass is 15.4. The van der Waals surface area contributed by atoms with Gasteiger partial charge in [-0.1, -0.05) is 20.3 Å². The van der Waals surface area contributed by atoms with Crippen LogP contribution < -0.4 is 5.32 Å². The Balaban J connectivity index is 2.03. The number of aryl methyl sites for hydroxylation is 2. The molecule has 0 saturated carbocycles. The molecule has 1 atom stereocenters. The second-order valence-electron chi connectivity index (χ2n) is 4.48. The average molecular weight is 222 g/mol. The van der Waals surface area contributed by atoms with Crippen LogP contribution in [0.15, 0.2) is 0 Å². The zero-order chi connectivity index (χ0) is 11.4. The molecule has 0 spiro atoms. The molecule has 0 amide bonds. The van der Waals surface area contributed by atoms with Gasteiger partial charge in [0.1, 0.15) is 5.82 Å². The molecule has 0 aromatic carbocycles. The van der Waals surface area contributed by atoms with Gasteiger partial charge in [0.05, 0.1) is 6.54 Å². The lowest BCUT2D eigenvalue weighted by Crippen LogP contribution is -2.37. The van der Waals surface area contributed by atoms with Crippen LogP contribution >= 0.6 is 0 Å². The molecule has 1 unspecified atom stereocenters. The molecule has 4 heteroatoms. The number of nitrogens with one attached hydrogen (secondary N) is 1. The van der Waals surface area contributed by atoms with E-state index in [1.54, 1.807) is 0 Å². The zero-order valence-corrected chi connectivity index (χ0v) is 10.4. The topological polar surface area (TPSA) is 42.7 Å². The fourth-order valence-electron chi connectivity index (χ4n) is 2.27. The molecule has 1 aromatic rings. The highest BCUT2D eigenvalue weighted by Crippen LogP contribution is 2.10. The number of hydrogen-bond donors (Lipinski definition) is 1. The van der Waals surface area contributed by atoms with Gasteiger partial charge < -0.3 is 5.32 Å². The molecule has 1 aliphatic rings. The molecule has 16 heavy (non-hydrogen) atoms. The normalized spacial score (nSPS) is 21.2. The van der Waals surface area contributed by atoms with E-state index in [9.17, 15) is 0 Å². The minimum atomic E-state index is 0.588. The fraction of sp³-hybridized carbons (Fsp3) is 0.833. The predicted octanol–water partition coefficient (Wildman–Crippen LogP) is 1.54. The van der Waals surface area contributed by atoms with Crippen molar-refractivity contribution in [2.75, 3.05) is 6.54 Å². The first-order valence-corrected chi connectivity index (χ1v) is 6.49. The van der Waals surface area contributed by atoms with Crippen LogP contribution in [0.2, 0.25) is 0 Å². The summed E-state index contributed by atoms with van der Waals surface area (Å²) in [6, 6.07) is 0.588. The van der Waals surface area contributed by atoms with Crippen molar-refractivity contribution >= 4 is 0 Å². The minimum absolute atomic E-state index is 0.588. The Hall–Kier alpha value is -0.900. The van der Waals surface area contributed by atoms with Gasteiger partial charge in [0.25, 0.3) is 0 Å². The van der Waals surface area contributed by atoms with Crippen LogP contribution in [0.25, 0.3) is 0 Å². The van der Waals surface area contributed by atoms with Gasteiger partial charge in [-0.25, -0.2) is 9.67 Å². The van der Waals surface area contributed by atoms with E-state index < -0.39 is 0 Å². The second-order valence-corrected chi connectivity index (χ2v) is 4.48. The molecule has 1 aliphatic heterocycles. The number of piperidine rings is 1. The Morgan fingerprint density at radius 2 is 2.19 bits per heavy atom.